The van der Waals surface area contributed by atoms with E-state index in [4.69, 9.17) is 5.73 Å². The van der Waals surface area contributed by atoms with Crippen LogP contribution in [-0.2, 0) is 0 Å². The highest BCUT2D eigenvalue weighted by Crippen LogP contribution is 2.21. The van der Waals surface area contributed by atoms with Crippen molar-refractivity contribution in [3.63, 3.8) is 0 Å². The van der Waals surface area contributed by atoms with Crippen LogP contribution in [0.1, 0.15) is 52.9 Å². The number of carbonyl (C=O) groups is 1. The van der Waals surface area contributed by atoms with E-state index in [1.54, 1.807) is 13.0 Å². The number of nitrogens with two attached hydrogens (primary N) is 1. The minimum Gasteiger partial charge on any atom is -0.350 e. The summed E-state index contributed by atoms with van der Waals surface area (Å²) in [4.78, 5) is 22.8. The summed E-state index contributed by atoms with van der Waals surface area (Å²) in [7, 11) is 0. The number of rotatable bonds is 6. The Morgan fingerprint density at radius 3 is 2.32 bits per heavy atom. The van der Waals surface area contributed by atoms with Gasteiger partial charge in [-0.15, -0.1) is 0 Å². The standard InChI is InChI=1S/C19H23N3O3/c1-12(2)14-7-9-15(10-8-14)17(20)11-21-19(23)16-5-4-6-18(13(16)3)22(24)25/h4-10,12,17H,11,20H2,1-3H3,(H,21,23). The first-order valence-corrected chi connectivity index (χ1v) is 8.19. The van der Waals surface area contributed by atoms with Gasteiger partial charge in [-0.25, -0.2) is 0 Å². The van der Waals surface area contributed by atoms with Gasteiger partial charge in [0.2, 0.25) is 0 Å². The zero-order valence-electron chi connectivity index (χ0n) is 14.7. The van der Waals surface area contributed by atoms with Gasteiger partial charge in [-0.2, -0.15) is 0 Å². The Bertz CT molecular complexity index is 770. The van der Waals surface area contributed by atoms with Gasteiger partial charge < -0.3 is 11.1 Å². The molecule has 3 N–H and O–H groups in total. The van der Waals surface area contributed by atoms with Gasteiger partial charge in [0.15, 0.2) is 0 Å². The highest BCUT2D eigenvalue weighted by Gasteiger charge is 2.18. The van der Waals surface area contributed by atoms with Gasteiger partial charge in [-0.3, -0.25) is 14.9 Å². The highest BCUT2D eigenvalue weighted by molar-refractivity contribution is 5.96. The van der Waals surface area contributed by atoms with Gasteiger partial charge in [0, 0.05) is 29.8 Å². The van der Waals surface area contributed by atoms with Crippen molar-refractivity contribution in [2.24, 2.45) is 5.73 Å². The lowest BCUT2D eigenvalue weighted by Gasteiger charge is -2.15. The van der Waals surface area contributed by atoms with Crippen LogP contribution in [0, 0.1) is 17.0 Å². The van der Waals surface area contributed by atoms with E-state index >= 15 is 0 Å². The minimum atomic E-state index is -0.492. The lowest BCUT2D eigenvalue weighted by Crippen LogP contribution is -2.32. The molecule has 2 aromatic rings. The average molecular weight is 341 g/mol. The van der Waals surface area contributed by atoms with Crippen molar-refractivity contribution in [2.45, 2.75) is 32.7 Å². The molecule has 0 saturated carbocycles. The molecule has 0 saturated heterocycles. The monoisotopic (exact) mass is 341 g/mol. The zero-order chi connectivity index (χ0) is 18.6. The normalized spacial score (nSPS) is 12.0. The Balaban J connectivity index is 2.04. The minimum absolute atomic E-state index is 0.0683. The molecule has 1 atom stereocenters. The van der Waals surface area contributed by atoms with Crippen LogP contribution in [0.25, 0.3) is 0 Å². The van der Waals surface area contributed by atoms with E-state index in [2.05, 4.69) is 19.2 Å². The number of hydrogen-bond acceptors (Lipinski definition) is 4. The molecule has 1 unspecified atom stereocenters. The quantitative estimate of drug-likeness (QED) is 0.621. The number of amides is 1. The van der Waals surface area contributed by atoms with Crippen molar-refractivity contribution in [3.8, 4) is 0 Å². The summed E-state index contributed by atoms with van der Waals surface area (Å²) >= 11 is 0. The lowest BCUT2D eigenvalue weighted by atomic mass is 9.99. The van der Waals surface area contributed by atoms with Crippen molar-refractivity contribution in [1.29, 1.82) is 0 Å². The third-order valence-corrected chi connectivity index (χ3v) is 4.26. The Morgan fingerprint density at radius 2 is 1.76 bits per heavy atom. The van der Waals surface area contributed by atoms with Crippen LogP contribution < -0.4 is 11.1 Å². The summed E-state index contributed by atoms with van der Waals surface area (Å²) in [5.41, 5.74) is 8.87. The molecule has 0 spiro atoms. The fourth-order valence-corrected chi connectivity index (χ4v) is 2.61. The van der Waals surface area contributed by atoms with Gasteiger partial charge in [0.1, 0.15) is 0 Å². The fraction of sp³-hybridized carbons (Fsp3) is 0.316. The lowest BCUT2D eigenvalue weighted by molar-refractivity contribution is -0.385. The molecular formula is C19H23N3O3. The molecule has 2 rings (SSSR count). The second kappa shape index (κ2) is 7.90. The van der Waals surface area contributed by atoms with Crippen molar-refractivity contribution in [2.75, 3.05) is 6.54 Å². The molecule has 0 aliphatic heterocycles. The van der Waals surface area contributed by atoms with Crippen LogP contribution in [0.5, 0.6) is 0 Å². The third kappa shape index (κ3) is 4.42. The first-order chi connectivity index (χ1) is 11.8. The first-order valence-electron chi connectivity index (χ1n) is 8.19. The molecule has 6 heteroatoms. The van der Waals surface area contributed by atoms with Crippen LogP contribution in [-0.4, -0.2) is 17.4 Å². The van der Waals surface area contributed by atoms with Crippen molar-refractivity contribution < 1.29 is 9.72 Å². The Labute approximate surface area is 147 Å². The predicted octanol–water partition coefficient (Wildman–Crippen LogP) is 3.46. The zero-order valence-corrected chi connectivity index (χ0v) is 14.7. The molecule has 2 aromatic carbocycles. The number of hydrogen-bond donors (Lipinski definition) is 2. The summed E-state index contributed by atoms with van der Waals surface area (Å²) in [5, 5.41) is 13.7. The molecule has 0 heterocycles. The van der Waals surface area contributed by atoms with Gasteiger partial charge in [-0.1, -0.05) is 44.2 Å². The van der Waals surface area contributed by atoms with Crippen LogP contribution >= 0.6 is 0 Å². The topological polar surface area (TPSA) is 98.3 Å². The molecule has 0 fully saturated rings. The maximum Gasteiger partial charge on any atom is 0.273 e. The summed E-state index contributed by atoms with van der Waals surface area (Å²) in [6, 6.07) is 12.1. The number of nitro groups is 1. The molecule has 132 valence electrons. The number of nitrogens with one attached hydrogen (secondary N) is 1. The van der Waals surface area contributed by atoms with Gasteiger partial charge in [0.25, 0.3) is 11.6 Å². The van der Waals surface area contributed by atoms with Gasteiger partial charge >= 0.3 is 0 Å². The third-order valence-electron chi connectivity index (χ3n) is 4.26. The molecule has 0 aromatic heterocycles. The fourth-order valence-electron chi connectivity index (χ4n) is 2.61. The molecule has 0 bridgehead atoms. The second-order valence-corrected chi connectivity index (χ2v) is 6.34. The number of nitrogens with zero attached hydrogens (tertiary/aromatic N) is 1. The molecule has 6 nitrogen and oxygen atoms in total. The molecular weight excluding hydrogens is 318 g/mol. The molecule has 0 radical (unpaired) electrons. The van der Waals surface area contributed by atoms with E-state index in [0.717, 1.165) is 5.56 Å². The predicted molar refractivity (Wildman–Crippen MR) is 97.6 cm³/mol. The van der Waals surface area contributed by atoms with E-state index in [0.29, 0.717) is 11.5 Å². The Kier molecular flexibility index (Phi) is 5.88. The van der Waals surface area contributed by atoms with E-state index in [1.165, 1.54) is 17.7 Å². The highest BCUT2D eigenvalue weighted by atomic mass is 16.6. The molecule has 0 aliphatic rings. The maximum absolute atomic E-state index is 12.3. The van der Waals surface area contributed by atoms with E-state index in [9.17, 15) is 14.9 Å². The van der Waals surface area contributed by atoms with Gasteiger partial charge in [-0.05, 0) is 30.0 Å². The molecule has 25 heavy (non-hydrogen) atoms. The average Bonchev–Trinajstić information content (AvgIpc) is 2.59. The number of benzene rings is 2. The first kappa shape index (κ1) is 18.6. The Hall–Kier alpha value is -2.73. The van der Waals surface area contributed by atoms with Crippen LogP contribution in [0.4, 0.5) is 5.69 Å². The molecule has 1 amide bonds. The van der Waals surface area contributed by atoms with E-state index in [-0.39, 0.29) is 29.7 Å². The molecule has 0 aliphatic carbocycles. The van der Waals surface area contributed by atoms with Crippen molar-refractivity contribution in [1.82, 2.24) is 5.32 Å². The van der Waals surface area contributed by atoms with E-state index in [1.807, 2.05) is 24.3 Å². The largest absolute Gasteiger partial charge is 0.350 e. The summed E-state index contributed by atoms with van der Waals surface area (Å²) in [5.74, 6) is 0.0808. The smallest absolute Gasteiger partial charge is 0.273 e. The second-order valence-electron chi connectivity index (χ2n) is 6.34. The number of carbonyl (C=O) groups excluding carboxylic acids is 1. The number of nitro benzene ring substituents is 1. The van der Waals surface area contributed by atoms with Crippen molar-refractivity contribution in [3.05, 3.63) is 74.8 Å². The summed E-state index contributed by atoms with van der Waals surface area (Å²) < 4.78 is 0. The van der Waals surface area contributed by atoms with Crippen LogP contribution in [0.15, 0.2) is 42.5 Å². The summed E-state index contributed by atoms with van der Waals surface area (Å²) in [6.45, 7) is 6.06. The maximum atomic E-state index is 12.3. The SMILES string of the molecule is Cc1c(C(=O)NCC(N)c2ccc(C(C)C)cc2)cccc1[N+](=O)[O-]. The van der Waals surface area contributed by atoms with Crippen LogP contribution in [0.3, 0.4) is 0 Å². The van der Waals surface area contributed by atoms with E-state index < -0.39 is 4.92 Å². The van der Waals surface area contributed by atoms with Crippen molar-refractivity contribution >= 4 is 11.6 Å². The van der Waals surface area contributed by atoms with Crippen LogP contribution in [0.2, 0.25) is 0 Å². The Morgan fingerprint density at radius 1 is 1.16 bits per heavy atom. The summed E-state index contributed by atoms with van der Waals surface area (Å²) in [6.07, 6.45) is 0. The van der Waals surface area contributed by atoms with Gasteiger partial charge in [0.05, 0.1) is 4.92 Å².